The second-order valence-electron chi connectivity index (χ2n) is 14.4. The van der Waals surface area contributed by atoms with Crippen LogP contribution in [-0.4, -0.2) is 55.1 Å². The van der Waals surface area contributed by atoms with Gasteiger partial charge in [0.15, 0.2) is 0 Å². The van der Waals surface area contributed by atoms with Crippen molar-refractivity contribution in [3.63, 3.8) is 0 Å². The number of hydrogen-bond acceptors (Lipinski definition) is 5. The minimum atomic E-state index is -0.827. The molecule has 1 unspecified atom stereocenters. The van der Waals surface area contributed by atoms with Crippen LogP contribution < -0.4 is 16.0 Å². The summed E-state index contributed by atoms with van der Waals surface area (Å²) in [6.45, 7) is 6.10. The number of carbonyl (C=O) groups excluding carboxylic acids is 3. The molecule has 240 valence electrons. The molecule has 45 heavy (non-hydrogen) atoms. The van der Waals surface area contributed by atoms with Gasteiger partial charge in [0.05, 0.1) is 18.1 Å². The normalized spacial score (nSPS) is 26.8. The Labute approximate surface area is 267 Å². The van der Waals surface area contributed by atoms with Gasteiger partial charge in [0.1, 0.15) is 12.1 Å². The number of carbonyl (C=O) groups is 3. The lowest BCUT2D eigenvalue weighted by Crippen LogP contribution is -2.59. The first-order chi connectivity index (χ1) is 21.7. The summed E-state index contributed by atoms with van der Waals surface area (Å²) >= 11 is 0. The van der Waals surface area contributed by atoms with E-state index in [9.17, 15) is 14.4 Å². The molecule has 8 nitrogen and oxygen atoms in total. The average molecular weight is 614 g/mol. The number of benzene rings is 2. The molecule has 9 heteroatoms. The van der Waals surface area contributed by atoms with E-state index in [0.29, 0.717) is 37.0 Å². The molecular formula is C36H48BN3O5. The fraction of sp³-hybridized carbons (Fsp3) is 0.583. The number of hydrogen-bond donors (Lipinski definition) is 3. The minimum Gasteiger partial charge on any atom is -0.404 e. The maximum absolute atomic E-state index is 14.1. The van der Waals surface area contributed by atoms with E-state index in [0.717, 1.165) is 36.8 Å². The third-order valence-corrected chi connectivity index (χ3v) is 11.1. The van der Waals surface area contributed by atoms with Crippen LogP contribution in [0.1, 0.15) is 76.8 Å². The smallest absolute Gasteiger partial charge is 0.404 e. The molecule has 4 saturated carbocycles. The molecule has 0 radical (unpaired) electrons. The zero-order valence-corrected chi connectivity index (χ0v) is 26.9. The van der Waals surface area contributed by atoms with Crippen molar-refractivity contribution in [2.45, 2.75) is 109 Å². The zero-order valence-electron chi connectivity index (χ0n) is 26.9. The summed E-state index contributed by atoms with van der Waals surface area (Å²) in [4.78, 5) is 39.9. The van der Waals surface area contributed by atoms with Gasteiger partial charge in [0, 0.05) is 13.3 Å². The lowest BCUT2D eigenvalue weighted by Gasteiger charge is -2.60. The Balaban J connectivity index is 1.17. The summed E-state index contributed by atoms with van der Waals surface area (Å²) in [6.07, 6.45) is 8.02. The minimum absolute atomic E-state index is 0.0682. The van der Waals surface area contributed by atoms with Crippen LogP contribution in [0, 0.1) is 23.2 Å². The lowest BCUT2D eigenvalue weighted by atomic mass is 9.47. The third-order valence-electron chi connectivity index (χ3n) is 11.1. The topological polar surface area (TPSA) is 106 Å². The fourth-order valence-corrected chi connectivity index (χ4v) is 7.96. The monoisotopic (exact) mass is 613 g/mol. The van der Waals surface area contributed by atoms with E-state index >= 15 is 0 Å². The molecule has 5 aliphatic rings. The van der Waals surface area contributed by atoms with E-state index < -0.39 is 19.2 Å². The van der Waals surface area contributed by atoms with Gasteiger partial charge in [-0.1, -0.05) is 93.8 Å². The third kappa shape index (κ3) is 7.30. The first kappa shape index (κ1) is 31.8. The first-order valence-electron chi connectivity index (χ1n) is 16.9. The molecule has 1 aliphatic heterocycles. The molecule has 1 saturated heterocycles. The highest BCUT2D eigenvalue weighted by Crippen LogP contribution is 2.61. The summed E-state index contributed by atoms with van der Waals surface area (Å²) in [5.41, 5.74) is 2.29. The molecule has 4 aliphatic carbocycles. The average Bonchev–Trinajstić information content (AvgIpc) is 3.45. The summed E-state index contributed by atoms with van der Waals surface area (Å²) in [6, 6.07) is 18.0. The van der Waals surface area contributed by atoms with Crippen molar-refractivity contribution in [2.75, 3.05) is 0 Å². The molecule has 0 aromatic heterocycles. The van der Waals surface area contributed by atoms with E-state index in [4.69, 9.17) is 9.31 Å². The number of rotatable bonds is 13. The summed E-state index contributed by atoms with van der Waals surface area (Å²) in [7, 11) is -0.495. The molecule has 1 heterocycles. The Kier molecular flexibility index (Phi) is 9.66. The van der Waals surface area contributed by atoms with Crippen LogP contribution in [0.2, 0.25) is 0 Å². The van der Waals surface area contributed by atoms with Crippen molar-refractivity contribution in [2.24, 2.45) is 23.2 Å². The van der Waals surface area contributed by atoms with Crippen molar-refractivity contribution in [3.05, 3.63) is 71.8 Å². The predicted octanol–water partition coefficient (Wildman–Crippen LogP) is 4.40. The van der Waals surface area contributed by atoms with Crippen molar-refractivity contribution >= 4 is 24.8 Å². The molecule has 2 aromatic rings. The molecule has 2 aromatic carbocycles. The summed E-state index contributed by atoms with van der Waals surface area (Å²) < 4.78 is 13.2. The Morgan fingerprint density at radius 2 is 1.53 bits per heavy atom. The van der Waals surface area contributed by atoms with E-state index in [2.05, 4.69) is 29.8 Å². The van der Waals surface area contributed by atoms with Gasteiger partial charge in [-0.15, -0.1) is 0 Å². The first-order valence-corrected chi connectivity index (χ1v) is 16.9. The van der Waals surface area contributed by atoms with Crippen molar-refractivity contribution in [3.8, 4) is 0 Å². The highest BCUT2D eigenvalue weighted by Gasteiger charge is 2.63. The van der Waals surface area contributed by atoms with Crippen molar-refractivity contribution in [1.82, 2.24) is 16.0 Å². The van der Waals surface area contributed by atoms with Gasteiger partial charge in [0.2, 0.25) is 17.7 Å². The predicted molar refractivity (Wildman–Crippen MR) is 174 cm³/mol. The quantitative estimate of drug-likeness (QED) is 0.291. The van der Waals surface area contributed by atoms with Crippen LogP contribution in [0.25, 0.3) is 0 Å². The Morgan fingerprint density at radius 3 is 2.16 bits per heavy atom. The molecule has 5 fully saturated rings. The van der Waals surface area contributed by atoms with Crippen LogP contribution in [0.3, 0.4) is 0 Å². The van der Waals surface area contributed by atoms with Crippen LogP contribution in [0.4, 0.5) is 0 Å². The van der Waals surface area contributed by atoms with Gasteiger partial charge < -0.3 is 25.3 Å². The van der Waals surface area contributed by atoms with E-state index in [1.165, 1.54) is 19.8 Å². The van der Waals surface area contributed by atoms with E-state index in [1.54, 1.807) is 0 Å². The number of nitrogens with one attached hydrogen (secondary N) is 3. The van der Waals surface area contributed by atoms with Crippen LogP contribution in [-0.2, 0) is 36.5 Å². The summed E-state index contributed by atoms with van der Waals surface area (Å²) in [5, 5.41) is 9.11. The van der Waals surface area contributed by atoms with E-state index in [1.807, 2.05) is 60.7 Å². The SMILES string of the molecule is CC(=O)N[C@@H](CCc1ccccc1)C(=O)N[C@@H](Cc1ccccc1)C(=O)N[C@@H](CC1CCC1)B1OC2[C@H]3C[C@@H](C[C@H]2O1)C3(C)C. The summed E-state index contributed by atoms with van der Waals surface area (Å²) in [5.74, 6) is 0.466. The van der Waals surface area contributed by atoms with Crippen LogP contribution >= 0.6 is 0 Å². The largest absolute Gasteiger partial charge is 0.481 e. The zero-order chi connectivity index (χ0) is 31.6. The Hall–Kier alpha value is -3.17. The number of aryl methyl sites for hydroxylation is 1. The Morgan fingerprint density at radius 1 is 0.867 bits per heavy atom. The van der Waals surface area contributed by atoms with Crippen LogP contribution in [0.5, 0.6) is 0 Å². The molecule has 2 bridgehead atoms. The maximum Gasteiger partial charge on any atom is 0.481 e. The van der Waals surface area contributed by atoms with Gasteiger partial charge >= 0.3 is 7.12 Å². The van der Waals surface area contributed by atoms with Gasteiger partial charge in [-0.3, -0.25) is 14.4 Å². The second-order valence-corrected chi connectivity index (χ2v) is 14.4. The number of amides is 3. The molecule has 3 amide bonds. The van der Waals surface area contributed by atoms with Crippen molar-refractivity contribution in [1.29, 1.82) is 0 Å². The molecule has 7 rings (SSSR count). The lowest BCUT2D eigenvalue weighted by molar-refractivity contribution is -0.150. The maximum atomic E-state index is 14.1. The fourth-order valence-electron chi connectivity index (χ4n) is 7.96. The highest BCUT2D eigenvalue weighted by molar-refractivity contribution is 6.47. The van der Waals surface area contributed by atoms with E-state index in [-0.39, 0.29) is 41.3 Å². The van der Waals surface area contributed by atoms with Crippen LogP contribution in [0.15, 0.2) is 60.7 Å². The Bertz CT molecular complexity index is 1340. The molecule has 3 N–H and O–H groups in total. The van der Waals surface area contributed by atoms with Gasteiger partial charge in [-0.2, -0.15) is 0 Å². The standard InChI is InChI=1S/C36H48BN3O5/c1-23(41)38-29(18-17-24-11-6-4-7-12-24)34(42)39-30(19-25-13-8-5-9-14-25)35(43)40-32(20-26-15-10-16-26)37-44-31-22-27-21-28(33(31)45-37)36(27,2)3/h4-9,11-14,26-33H,10,15-22H2,1-3H3,(H,38,41)(H,39,42)(H,40,43)/t27-,28+,29-,30-,31+,32-,33?/m0/s1. The van der Waals surface area contributed by atoms with Gasteiger partial charge in [-0.05, 0) is 66.4 Å². The van der Waals surface area contributed by atoms with Crippen molar-refractivity contribution < 1.29 is 23.7 Å². The molecular weight excluding hydrogens is 565 g/mol. The second kappa shape index (κ2) is 13.7. The van der Waals surface area contributed by atoms with Gasteiger partial charge in [-0.25, -0.2) is 0 Å². The molecule has 7 atom stereocenters. The van der Waals surface area contributed by atoms with Gasteiger partial charge in [0.25, 0.3) is 0 Å². The molecule has 0 spiro atoms. The highest BCUT2D eigenvalue weighted by atomic mass is 16.7.